The number of tetrazole rings is 1. The lowest BCUT2D eigenvalue weighted by atomic mass is 10.1. The van der Waals surface area contributed by atoms with Gasteiger partial charge < -0.3 is 14.8 Å². The first-order chi connectivity index (χ1) is 16.7. The number of nitrogens with one attached hydrogen (secondary N) is 1. The van der Waals surface area contributed by atoms with Gasteiger partial charge in [-0.3, -0.25) is 0 Å². The van der Waals surface area contributed by atoms with Crippen LogP contribution in [0, 0.1) is 0 Å². The van der Waals surface area contributed by atoms with Crippen LogP contribution >= 0.6 is 47.4 Å². The van der Waals surface area contributed by atoms with E-state index in [0.29, 0.717) is 34.7 Å². The predicted octanol–water partition coefficient (Wildman–Crippen LogP) is 5.86. The summed E-state index contributed by atoms with van der Waals surface area (Å²) >= 11 is 13.9. The lowest BCUT2D eigenvalue weighted by molar-refractivity contribution is 0.281. The van der Waals surface area contributed by atoms with Crippen LogP contribution < -0.4 is 14.8 Å². The second-order valence-electron chi connectivity index (χ2n) is 7.21. The lowest BCUT2D eigenvalue weighted by Crippen LogP contribution is -2.17. The fourth-order valence-electron chi connectivity index (χ4n) is 3.25. The third-order valence-corrected chi connectivity index (χ3v) is 6.44. The van der Waals surface area contributed by atoms with E-state index < -0.39 is 0 Å². The average molecular weight is 553 g/mol. The summed E-state index contributed by atoms with van der Waals surface area (Å²) in [5, 5.41) is 17.4. The number of hydrogen-bond donors (Lipinski definition) is 1. The van der Waals surface area contributed by atoms with Crippen molar-refractivity contribution in [2.45, 2.75) is 18.3 Å². The van der Waals surface area contributed by atoms with Crippen LogP contribution in [-0.4, -0.2) is 39.6 Å². The molecular weight excluding hydrogens is 529 g/mol. The van der Waals surface area contributed by atoms with Crippen molar-refractivity contribution in [1.29, 1.82) is 0 Å². The Kier molecular flexibility index (Phi) is 10.5. The summed E-state index contributed by atoms with van der Waals surface area (Å²) < 4.78 is 13.4. The minimum absolute atomic E-state index is 0. The summed E-state index contributed by atoms with van der Waals surface area (Å²) in [6, 6.07) is 21.0. The van der Waals surface area contributed by atoms with E-state index in [1.54, 1.807) is 35.7 Å². The van der Waals surface area contributed by atoms with E-state index in [9.17, 15) is 0 Å². The topological polar surface area (TPSA) is 74.1 Å². The van der Waals surface area contributed by atoms with E-state index in [1.165, 1.54) is 0 Å². The zero-order valence-electron chi connectivity index (χ0n) is 18.9. The molecule has 0 unspecified atom stereocenters. The number of thioether (sulfide) groups is 1. The van der Waals surface area contributed by atoms with Gasteiger partial charge in [0.25, 0.3) is 0 Å². The van der Waals surface area contributed by atoms with Crippen LogP contribution in [0.25, 0.3) is 5.69 Å². The monoisotopic (exact) mass is 551 g/mol. The van der Waals surface area contributed by atoms with Crippen molar-refractivity contribution in [2.75, 3.05) is 19.4 Å². The van der Waals surface area contributed by atoms with Crippen molar-refractivity contribution >= 4 is 47.4 Å². The molecule has 0 fully saturated rings. The zero-order chi connectivity index (χ0) is 23.8. The largest absolute Gasteiger partial charge is 0.493 e. The van der Waals surface area contributed by atoms with Crippen LogP contribution in [0.3, 0.4) is 0 Å². The van der Waals surface area contributed by atoms with E-state index in [0.717, 1.165) is 34.3 Å². The standard InChI is InChI=1S/C24H23Cl2N5O2S.ClH/c1-32-22-9-5-6-17(23(22)33-16-18-10-11-19(25)14-21(18)26)15-27-12-13-34-24-28-29-30-31(24)20-7-3-2-4-8-20;/h2-11,14,27H,12-13,15-16H2,1H3;1H. The third kappa shape index (κ3) is 7.25. The molecule has 1 aromatic heterocycles. The van der Waals surface area contributed by atoms with E-state index in [1.807, 2.05) is 54.6 Å². The van der Waals surface area contributed by atoms with Crippen molar-refractivity contribution in [1.82, 2.24) is 25.5 Å². The van der Waals surface area contributed by atoms with Crippen LogP contribution in [0.15, 0.2) is 71.9 Å². The number of ether oxygens (including phenoxy) is 2. The van der Waals surface area contributed by atoms with Gasteiger partial charge in [-0.15, -0.1) is 17.5 Å². The fraction of sp³-hybridized carbons (Fsp3) is 0.208. The Labute approximate surface area is 224 Å². The van der Waals surface area contributed by atoms with Gasteiger partial charge in [0.15, 0.2) is 11.5 Å². The molecule has 0 amide bonds. The van der Waals surface area contributed by atoms with Crippen molar-refractivity contribution in [2.24, 2.45) is 0 Å². The number of rotatable bonds is 11. The Morgan fingerprint density at radius 2 is 1.83 bits per heavy atom. The highest BCUT2D eigenvalue weighted by molar-refractivity contribution is 7.99. The molecule has 0 saturated heterocycles. The number of benzene rings is 3. The smallest absolute Gasteiger partial charge is 0.214 e. The van der Waals surface area contributed by atoms with Gasteiger partial charge in [-0.2, -0.15) is 4.68 Å². The summed E-state index contributed by atoms with van der Waals surface area (Å²) in [5.74, 6) is 2.15. The first kappa shape index (κ1) is 27.1. The van der Waals surface area contributed by atoms with Crippen molar-refractivity contribution < 1.29 is 9.47 Å². The van der Waals surface area contributed by atoms with Gasteiger partial charge in [-0.05, 0) is 40.8 Å². The fourth-order valence-corrected chi connectivity index (χ4v) is 4.50. The first-order valence-electron chi connectivity index (χ1n) is 10.6. The molecule has 0 aliphatic rings. The lowest BCUT2D eigenvalue weighted by Gasteiger charge is -2.16. The molecule has 4 aromatic rings. The third-order valence-electron chi connectivity index (χ3n) is 4.93. The number of nitrogens with zero attached hydrogens (tertiary/aromatic N) is 4. The number of para-hydroxylation sites is 2. The zero-order valence-corrected chi connectivity index (χ0v) is 22.0. The van der Waals surface area contributed by atoms with Gasteiger partial charge in [0.1, 0.15) is 6.61 Å². The Bertz CT molecular complexity index is 1230. The quantitative estimate of drug-likeness (QED) is 0.184. The molecule has 0 radical (unpaired) electrons. The van der Waals surface area contributed by atoms with E-state index in [-0.39, 0.29) is 12.4 Å². The molecule has 7 nitrogen and oxygen atoms in total. The molecule has 0 bridgehead atoms. The van der Waals surface area contributed by atoms with Gasteiger partial charge in [0.2, 0.25) is 5.16 Å². The van der Waals surface area contributed by atoms with Gasteiger partial charge in [0, 0.05) is 40.0 Å². The number of aromatic nitrogens is 4. The summed E-state index contributed by atoms with van der Waals surface area (Å²) in [6.45, 7) is 1.68. The average Bonchev–Trinajstić information content (AvgIpc) is 3.33. The van der Waals surface area contributed by atoms with Gasteiger partial charge in [0.05, 0.1) is 12.8 Å². The maximum Gasteiger partial charge on any atom is 0.214 e. The number of hydrogen-bond acceptors (Lipinski definition) is 7. The van der Waals surface area contributed by atoms with Crippen LogP contribution in [-0.2, 0) is 13.2 Å². The predicted molar refractivity (Wildman–Crippen MR) is 143 cm³/mol. The summed E-state index contributed by atoms with van der Waals surface area (Å²) in [6.07, 6.45) is 0. The SMILES string of the molecule is COc1cccc(CNCCSc2nnnn2-c2ccccc2)c1OCc1ccc(Cl)cc1Cl.Cl. The van der Waals surface area contributed by atoms with Crippen molar-refractivity contribution in [3.05, 3.63) is 87.9 Å². The maximum atomic E-state index is 6.29. The molecule has 11 heteroatoms. The van der Waals surface area contributed by atoms with Crippen LogP contribution in [0.2, 0.25) is 10.0 Å². The minimum atomic E-state index is 0. The Balaban J connectivity index is 0.00000342. The Morgan fingerprint density at radius 1 is 1.00 bits per heavy atom. The van der Waals surface area contributed by atoms with Gasteiger partial charge in [-0.1, -0.05) is 71.4 Å². The minimum Gasteiger partial charge on any atom is -0.493 e. The maximum absolute atomic E-state index is 6.29. The second-order valence-corrected chi connectivity index (χ2v) is 9.11. The molecule has 0 aliphatic heterocycles. The molecule has 1 heterocycles. The Hall–Kier alpha value is -2.49. The first-order valence-corrected chi connectivity index (χ1v) is 12.3. The van der Waals surface area contributed by atoms with E-state index in [4.69, 9.17) is 32.7 Å². The van der Waals surface area contributed by atoms with Gasteiger partial charge >= 0.3 is 0 Å². The Morgan fingerprint density at radius 3 is 2.60 bits per heavy atom. The molecule has 184 valence electrons. The van der Waals surface area contributed by atoms with Crippen LogP contribution in [0.4, 0.5) is 0 Å². The highest BCUT2D eigenvalue weighted by Crippen LogP contribution is 2.33. The normalized spacial score (nSPS) is 10.6. The highest BCUT2D eigenvalue weighted by Gasteiger charge is 2.13. The van der Waals surface area contributed by atoms with Crippen molar-refractivity contribution in [3.8, 4) is 17.2 Å². The second kappa shape index (κ2) is 13.6. The van der Waals surface area contributed by atoms with Crippen molar-refractivity contribution in [3.63, 3.8) is 0 Å². The molecule has 0 saturated carbocycles. The molecule has 1 N–H and O–H groups in total. The summed E-state index contributed by atoms with van der Waals surface area (Å²) in [5.41, 5.74) is 2.77. The van der Waals surface area contributed by atoms with Gasteiger partial charge in [-0.25, -0.2) is 0 Å². The molecule has 3 aromatic carbocycles. The molecule has 35 heavy (non-hydrogen) atoms. The van der Waals surface area contributed by atoms with Crippen LogP contribution in [0.5, 0.6) is 11.5 Å². The summed E-state index contributed by atoms with van der Waals surface area (Å²) in [7, 11) is 1.63. The molecule has 0 aliphatic carbocycles. The molecular formula is C24H24Cl3N5O2S. The molecule has 4 rings (SSSR count). The van der Waals surface area contributed by atoms with Crippen LogP contribution in [0.1, 0.15) is 11.1 Å². The molecule has 0 spiro atoms. The number of methoxy groups -OCH3 is 1. The summed E-state index contributed by atoms with van der Waals surface area (Å²) in [4.78, 5) is 0. The highest BCUT2D eigenvalue weighted by atomic mass is 35.5. The molecule has 0 atom stereocenters. The number of halogens is 3. The van der Waals surface area contributed by atoms with E-state index >= 15 is 0 Å². The van der Waals surface area contributed by atoms with E-state index in [2.05, 4.69) is 20.8 Å².